The van der Waals surface area contributed by atoms with Gasteiger partial charge in [0.25, 0.3) is 0 Å². The van der Waals surface area contributed by atoms with Gasteiger partial charge >= 0.3 is 0 Å². The zero-order valence-electron chi connectivity index (χ0n) is 21.4. The normalized spacial score (nSPS) is 18.0. The highest BCUT2D eigenvalue weighted by Crippen LogP contribution is 2.28. The van der Waals surface area contributed by atoms with Gasteiger partial charge in [0.1, 0.15) is 11.4 Å². The van der Waals surface area contributed by atoms with Crippen LogP contribution in [0.3, 0.4) is 0 Å². The smallest absolute Gasteiger partial charge is 0.225 e. The van der Waals surface area contributed by atoms with E-state index in [0.29, 0.717) is 41.0 Å². The lowest BCUT2D eigenvalue weighted by atomic mass is 9.86. The third-order valence-corrected chi connectivity index (χ3v) is 7.25. The van der Waals surface area contributed by atoms with Crippen LogP contribution in [-0.4, -0.2) is 36.6 Å². The van der Waals surface area contributed by atoms with Crippen molar-refractivity contribution in [1.29, 1.82) is 0 Å². The summed E-state index contributed by atoms with van der Waals surface area (Å²) in [4.78, 5) is 24.5. The van der Waals surface area contributed by atoms with E-state index in [9.17, 15) is 4.79 Å². The summed E-state index contributed by atoms with van der Waals surface area (Å²) in [5.74, 6) is 2.23. The molecule has 0 spiro atoms. The van der Waals surface area contributed by atoms with E-state index in [0.717, 1.165) is 60.9 Å². The first kappa shape index (κ1) is 24.3. The van der Waals surface area contributed by atoms with Crippen LogP contribution in [0, 0.1) is 5.92 Å². The SMILES string of the molecule is CCc1ccc2occ(CNCC3CCC(Nc4nc(N(C)C)c5ccccc5n4)CC3)c(=O)c2c1. The van der Waals surface area contributed by atoms with Gasteiger partial charge in [0.15, 0.2) is 5.43 Å². The van der Waals surface area contributed by atoms with E-state index in [1.807, 2.05) is 55.4 Å². The van der Waals surface area contributed by atoms with E-state index in [1.165, 1.54) is 0 Å². The molecule has 1 aliphatic rings. The van der Waals surface area contributed by atoms with Crippen LogP contribution in [0.5, 0.6) is 0 Å². The highest BCUT2D eigenvalue weighted by atomic mass is 16.3. The molecular weight excluding hydrogens is 450 g/mol. The second-order valence-electron chi connectivity index (χ2n) is 10.0. The summed E-state index contributed by atoms with van der Waals surface area (Å²) in [5, 5.41) is 8.82. The number of nitrogens with one attached hydrogen (secondary N) is 2. The van der Waals surface area contributed by atoms with Gasteiger partial charge in [0.05, 0.1) is 17.2 Å². The number of rotatable bonds is 8. The van der Waals surface area contributed by atoms with Crippen molar-refractivity contribution in [3.05, 3.63) is 70.1 Å². The van der Waals surface area contributed by atoms with Crippen LogP contribution in [0.15, 0.2) is 57.9 Å². The summed E-state index contributed by atoms with van der Waals surface area (Å²) in [6, 6.07) is 14.4. The topological polar surface area (TPSA) is 83.3 Å². The van der Waals surface area contributed by atoms with E-state index in [-0.39, 0.29) is 5.43 Å². The Morgan fingerprint density at radius 2 is 1.83 bits per heavy atom. The summed E-state index contributed by atoms with van der Waals surface area (Å²) >= 11 is 0. The molecule has 2 aromatic carbocycles. The highest BCUT2D eigenvalue weighted by Gasteiger charge is 2.22. The zero-order valence-corrected chi connectivity index (χ0v) is 21.4. The number of hydrogen-bond acceptors (Lipinski definition) is 7. The largest absolute Gasteiger partial charge is 0.464 e. The fraction of sp³-hybridized carbons (Fsp3) is 0.414. The van der Waals surface area contributed by atoms with Crippen LogP contribution in [0.25, 0.3) is 21.9 Å². The maximum absolute atomic E-state index is 12.9. The molecule has 0 unspecified atom stereocenters. The maximum Gasteiger partial charge on any atom is 0.225 e. The Morgan fingerprint density at radius 1 is 1.03 bits per heavy atom. The molecule has 0 saturated heterocycles. The Labute approximate surface area is 211 Å². The van der Waals surface area contributed by atoms with Crippen molar-refractivity contribution in [3.8, 4) is 0 Å². The summed E-state index contributed by atoms with van der Waals surface area (Å²) in [7, 11) is 4.03. The molecule has 0 bridgehead atoms. The molecule has 2 heterocycles. The molecule has 0 atom stereocenters. The van der Waals surface area contributed by atoms with Crippen LogP contribution >= 0.6 is 0 Å². The van der Waals surface area contributed by atoms with E-state index >= 15 is 0 Å². The number of anilines is 2. The number of nitrogens with zero attached hydrogens (tertiary/aromatic N) is 3. The average molecular weight is 486 g/mol. The van der Waals surface area contributed by atoms with E-state index in [1.54, 1.807) is 6.26 Å². The van der Waals surface area contributed by atoms with Gasteiger partial charge in [-0.15, -0.1) is 0 Å². The zero-order chi connectivity index (χ0) is 25.1. The molecule has 7 nitrogen and oxygen atoms in total. The maximum atomic E-state index is 12.9. The van der Waals surface area contributed by atoms with Crippen molar-refractivity contribution in [2.24, 2.45) is 5.92 Å². The lowest BCUT2D eigenvalue weighted by Crippen LogP contribution is -2.32. The molecule has 5 rings (SSSR count). The van der Waals surface area contributed by atoms with Crippen LogP contribution < -0.4 is 21.0 Å². The number of benzene rings is 2. The van der Waals surface area contributed by atoms with Gasteiger partial charge in [-0.3, -0.25) is 4.79 Å². The second kappa shape index (κ2) is 10.7. The molecule has 188 valence electrons. The van der Waals surface area contributed by atoms with Gasteiger partial charge in [-0.2, -0.15) is 4.98 Å². The molecule has 0 aliphatic heterocycles. The Bertz CT molecular complexity index is 1410. The Hall–Kier alpha value is -3.45. The van der Waals surface area contributed by atoms with Gasteiger partial charge in [-0.1, -0.05) is 25.1 Å². The van der Waals surface area contributed by atoms with Crippen molar-refractivity contribution in [2.75, 3.05) is 30.9 Å². The molecule has 0 radical (unpaired) electrons. The number of aromatic nitrogens is 2. The highest BCUT2D eigenvalue weighted by molar-refractivity contribution is 5.90. The Balaban J connectivity index is 1.15. The number of para-hydroxylation sites is 1. The van der Waals surface area contributed by atoms with Crippen molar-refractivity contribution >= 4 is 33.6 Å². The number of aryl methyl sites for hydroxylation is 1. The first-order chi connectivity index (χ1) is 17.5. The fourth-order valence-corrected chi connectivity index (χ4v) is 5.13. The molecule has 4 aromatic rings. The summed E-state index contributed by atoms with van der Waals surface area (Å²) < 4.78 is 5.72. The predicted octanol–water partition coefficient (Wildman–Crippen LogP) is 5.13. The number of hydrogen-bond donors (Lipinski definition) is 2. The van der Waals surface area contributed by atoms with Gasteiger partial charge in [-0.25, -0.2) is 4.98 Å². The minimum atomic E-state index is 0.0689. The molecular formula is C29H35N5O2. The molecule has 1 saturated carbocycles. The van der Waals surface area contributed by atoms with Gasteiger partial charge in [0.2, 0.25) is 5.95 Å². The van der Waals surface area contributed by atoms with Crippen molar-refractivity contribution in [1.82, 2.24) is 15.3 Å². The first-order valence-electron chi connectivity index (χ1n) is 13.0. The third kappa shape index (κ3) is 5.21. The molecule has 0 amide bonds. The summed E-state index contributed by atoms with van der Waals surface area (Å²) in [6.07, 6.45) is 6.93. The van der Waals surface area contributed by atoms with Gasteiger partial charge in [-0.05, 0) is 74.4 Å². The van der Waals surface area contributed by atoms with E-state index < -0.39 is 0 Å². The van der Waals surface area contributed by atoms with Crippen LogP contribution in [0.4, 0.5) is 11.8 Å². The van der Waals surface area contributed by atoms with Gasteiger partial charge < -0.3 is 20.0 Å². The minimum Gasteiger partial charge on any atom is -0.464 e. The third-order valence-electron chi connectivity index (χ3n) is 7.25. The Morgan fingerprint density at radius 3 is 2.61 bits per heavy atom. The minimum absolute atomic E-state index is 0.0689. The van der Waals surface area contributed by atoms with Crippen LogP contribution in [-0.2, 0) is 13.0 Å². The standard InChI is InChI=1S/C29H35N5O2/c1-4-19-11-14-26-24(15-19)27(35)21(18-36-26)17-30-16-20-9-12-22(13-10-20)31-29-32-25-8-6-5-7-23(25)28(33-29)34(2)3/h5-8,11,14-15,18,20,22,30H,4,9-10,12-13,16-17H2,1-3H3,(H,31,32,33). The lowest BCUT2D eigenvalue weighted by molar-refractivity contribution is 0.323. The van der Waals surface area contributed by atoms with Gasteiger partial charge in [0, 0.05) is 37.6 Å². The van der Waals surface area contributed by atoms with Crippen molar-refractivity contribution < 1.29 is 4.42 Å². The van der Waals surface area contributed by atoms with Crippen LogP contribution in [0.2, 0.25) is 0 Å². The average Bonchev–Trinajstić information content (AvgIpc) is 2.90. The molecule has 1 aliphatic carbocycles. The monoisotopic (exact) mass is 485 g/mol. The van der Waals surface area contributed by atoms with Crippen molar-refractivity contribution in [3.63, 3.8) is 0 Å². The number of fused-ring (bicyclic) bond motifs is 2. The molecule has 1 fully saturated rings. The Kier molecular flexibility index (Phi) is 7.18. The van der Waals surface area contributed by atoms with Crippen LogP contribution in [0.1, 0.15) is 43.7 Å². The quantitative estimate of drug-likeness (QED) is 0.358. The van der Waals surface area contributed by atoms with E-state index in [4.69, 9.17) is 14.4 Å². The fourth-order valence-electron chi connectivity index (χ4n) is 5.13. The molecule has 36 heavy (non-hydrogen) atoms. The summed E-state index contributed by atoms with van der Waals surface area (Å²) in [6.45, 7) is 3.52. The summed E-state index contributed by atoms with van der Waals surface area (Å²) in [5.41, 5.74) is 3.52. The first-order valence-corrected chi connectivity index (χ1v) is 13.0. The predicted molar refractivity (Wildman–Crippen MR) is 147 cm³/mol. The second-order valence-corrected chi connectivity index (χ2v) is 10.0. The van der Waals surface area contributed by atoms with E-state index in [2.05, 4.69) is 23.6 Å². The molecule has 2 N–H and O–H groups in total. The van der Waals surface area contributed by atoms with Crippen molar-refractivity contribution in [2.45, 2.75) is 51.6 Å². The molecule has 7 heteroatoms. The lowest BCUT2D eigenvalue weighted by Gasteiger charge is -2.29. The molecule has 2 aromatic heterocycles.